The van der Waals surface area contributed by atoms with E-state index in [0.717, 1.165) is 24.2 Å². The minimum atomic E-state index is -0.213. The summed E-state index contributed by atoms with van der Waals surface area (Å²) in [5, 5.41) is 8.36. The van der Waals surface area contributed by atoms with Crippen LogP contribution < -0.4 is 5.32 Å². The van der Waals surface area contributed by atoms with E-state index in [1.54, 1.807) is 12.1 Å². The standard InChI is InChI=1S/C22H22ClN3O2/c23-19-8-6-16(7-9-19)12-21(27)24-13-20-22-18(10-11-28-20)15-26(25-22)14-17-4-2-1-3-5-17/h1-9,15,20H,10-14H2,(H,24,27)/t20-/m1/s1. The molecule has 1 N–H and O–H groups in total. The van der Waals surface area contributed by atoms with Crippen molar-refractivity contribution >= 4 is 17.5 Å². The van der Waals surface area contributed by atoms with Crippen LogP contribution in [0.15, 0.2) is 60.8 Å². The van der Waals surface area contributed by atoms with Crippen molar-refractivity contribution in [2.45, 2.75) is 25.5 Å². The first-order valence-corrected chi connectivity index (χ1v) is 9.78. The first-order chi connectivity index (χ1) is 13.7. The van der Waals surface area contributed by atoms with Gasteiger partial charge in [-0.25, -0.2) is 0 Å². The number of rotatable bonds is 6. The fraction of sp³-hybridized carbons (Fsp3) is 0.273. The van der Waals surface area contributed by atoms with Crippen molar-refractivity contribution < 1.29 is 9.53 Å². The third kappa shape index (κ3) is 4.61. The van der Waals surface area contributed by atoms with Gasteiger partial charge in [-0.05, 0) is 35.2 Å². The first kappa shape index (κ1) is 18.7. The van der Waals surface area contributed by atoms with Gasteiger partial charge in [-0.3, -0.25) is 9.48 Å². The summed E-state index contributed by atoms with van der Waals surface area (Å²) in [6, 6.07) is 17.6. The van der Waals surface area contributed by atoms with Gasteiger partial charge in [0.2, 0.25) is 5.91 Å². The number of hydrogen-bond acceptors (Lipinski definition) is 3. The predicted octanol–water partition coefficient (Wildman–Crippen LogP) is 3.56. The zero-order valence-electron chi connectivity index (χ0n) is 15.5. The lowest BCUT2D eigenvalue weighted by atomic mass is 10.1. The van der Waals surface area contributed by atoms with Crippen molar-refractivity contribution in [1.29, 1.82) is 0 Å². The molecule has 0 unspecified atom stereocenters. The zero-order chi connectivity index (χ0) is 19.3. The first-order valence-electron chi connectivity index (χ1n) is 9.40. The Morgan fingerprint density at radius 2 is 1.93 bits per heavy atom. The van der Waals surface area contributed by atoms with Crippen molar-refractivity contribution in [3.63, 3.8) is 0 Å². The molecule has 0 fully saturated rings. The molecule has 28 heavy (non-hydrogen) atoms. The lowest BCUT2D eigenvalue weighted by molar-refractivity contribution is -0.121. The molecule has 1 atom stereocenters. The van der Waals surface area contributed by atoms with Crippen LogP contribution >= 0.6 is 11.6 Å². The molecule has 2 aromatic carbocycles. The number of amides is 1. The second-order valence-corrected chi connectivity index (χ2v) is 7.38. The average molecular weight is 396 g/mol. The molecule has 1 aliphatic heterocycles. The monoisotopic (exact) mass is 395 g/mol. The summed E-state index contributed by atoms with van der Waals surface area (Å²) in [4.78, 5) is 12.3. The van der Waals surface area contributed by atoms with E-state index in [0.29, 0.717) is 24.6 Å². The highest BCUT2D eigenvalue weighted by molar-refractivity contribution is 6.30. The van der Waals surface area contributed by atoms with Gasteiger partial charge in [0.1, 0.15) is 6.10 Å². The number of carbonyl (C=O) groups excluding carboxylic acids is 1. The Morgan fingerprint density at radius 1 is 1.14 bits per heavy atom. The molecule has 144 valence electrons. The van der Waals surface area contributed by atoms with E-state index in [2.05, 4.69) is 23.6 Å². The molecule has 3 aromatic rings. The molecule has 1 aliphatic rings. The van der Waals surface area contributed by atoms with Crippen LogP contribution in [0.1, 0.15) is 28.5 Å². The molecule has 1 amide bonds. The zero-order valence-corrected chi connectivity index (χ0v) is 16.2. The molecule has 6 heteroatoms. The summed E-state index contributed by atoms with van der Waals surface area (Å²) in [6.45, 7) is 1.78. The van der Waals surface area contributed by atoms with Crippen LogP contribution in [0.2, 0.25) is 5.02 Å². The van der Waals surface area contributed by atoms with Crippen LogP contribution in [-0.2, 0) is 28.9 Å². The Bertz CT molecular complexity index is 938. The fourth-order valence-electron chi connectivity index (χ4n) is 3.40. The smallest absolute Gasteiger partial charge is 0.224 e. The summed E-state index contributed by atoms with van der Waals surface area (Å²) >= 11 is 5.89. The molecule has 0 saturated heterocycles. The van der Waals surface area contributed by atoms with Gasteiger partial charge in [0.25, 0.3) is 0 Å². The average Bonchev–Trinajstić information content (AvgIpc) is 3.12. The Hall–Kier alpha value is -2.63. The molecule has 5 nitrogen and oxygen atoms in total. The number of nitrogens with one attached hydrogen (secondary N) is 1. The summed E-state index contributed by atoms with van der Waals surface area (Å²) < 4.78 is 7.83. The number of fused-ring (bicyclic) bond motifs is 1. The van der Waals surface area contributed by atoms with Gasteiger partial charge in [-0.15, -0.1) is 0 Å². The Kier molecular flexibility index (Phi) is 5.74. The predicted molar refractivity (Wildman–Crippen MR) is 108 cm³/mol. The van der Waals surface area contributed by atoms with E-state index >= 15 is 0 Å². The summed E-state index contributed by atoms with van der Waals surface area (Å²) in [7, 11) is 0. The second-order valence-electron chi connectivity index (χ2n) is 6.94. The molecule has 1 aromatic heterocycles. The van der Waals surface area contributed by atoms with Crippen LogP contribution in [0, 0.1) is 0 Å². The third-order valence-corrected chi connectivity index (χ3v) is 5.07. The Labute approximate surface area is 169 Å². The van der Waals surface area contributed by atoms with Crippen molar-refractivity contribution in [2.24, 2.45) is 0 Å². The van der Waals surface area contributed by atoms with Gasteiger partial charge in [0, 0.05) is 17.8 Å². The van der Waals surface area contributed by atoms with E-state index in [4.69, 9.17) is 21.4 Å². The maximum Gasteiger partial charge on any atom is 0.224 e. The molecular formula is C22H22ClN3O2. The van der Waals surface area contributed by atoms with Crippen LogP contribution in [-0.4, -0.2) is 28.8 Å². The summed E-state index contributed by atoms with van der Waals surface area (Å²) in [5.41, 5.74) is 4.25. The van der Waals surface area contributed by atoms with Crippen LogP contribution in [0.5, 0.6) is 0 Å². The molecule has 2 heterocycles. The fourth-order valence-corrected chi connectivity index (χ4v) is 3.52. The second kappa shape index (κ2) is 8.59. The largest absolute Gasteiger partial charge is 0.370 e. The van der Waals surface area contributed by atoms with E-state index in [-0.39, 0.29) is 12.0 Å². The van der Waals surface area contributed by atoms with Crippen LogP contribution in [0.4, 0.5) is 0 Å². The van der Waals surface area contributed by atoms with E-state index < -0.39 is 0 Å². The highest BCUT2D eigenvalue weighted by Crippen LogP contribution is 2.25. The van der Waals surface area contributed by atoms with Gasteiger partial charge in [0.05, 0.1) is 25.3 Å². The van der Waals surface area contributed by atoms with Crippen molar-refractivity contribution in [2.75, 3.05) is 13.2 Å². The van der Waals surface area contributed by atoms with Crippen molar-refractivity contribution in [1.82, 2.24) is 15.1 Å². The molecule has 4 rings (SSSR count). The van der Waals surface area contributed by atoms with Crippen molar-refractivity contribution in [3.05, 3.63) is 88.2 Å². The lowest BCUT2D eigenvalue weighted by Crippen LogP contribution is -2.32. The number of ether oxygens (including phenoxy) is 1. The maximum absolute atomic E-state index is 12.3. The number of carbonyl (C=O) groups is 1. The highest BCUT2D eigenvalue weighted by Gasteiger charge is 2.25. The number of benzene rings is 2. The summed E-state index contributed by atoms with van der Waals surface area (Å²) in [6.07, 6.45) is 3.04. The minimum absolute atomic E-state index is 0.0400. The number of aromatic nitrogens is 2. The molecule has 0 spiro atoms. The third-order valence-electron chi connectivity index (χ3n) is 4.82. The van der Waals surface area contributed by atoms with Gasteiger partial charge in [-0.1, -0.05) is 54.1 Å². The van der Waals surface area contributed by atoms with E-state index in [1.807, 2.05) is 35.0 Å². The van der Waals surface area contributed by atoms with Crippen LogP contribution in [0.3, 0.4) is 0 Å². The Morgan fingerprint density at radius 3 is 2.71 bits per heavy atom. The van der Waals surface area contributed by atoms with Crippen LogP contribution in [0.25, 0.3) is 0 Å². The minimum Gasteiger partial charge on any atom is -0.370 e. The maximum atomic E-state index is 12.3. The summed E-state index contributed by atoms with van der Waals surface area (Å²) in [5.74, 6) is -0.0400. The van der Waals surface area contributed by atoms with Gasteiger partial charge >= 0.3 is 0 Å². The highest BCUT2D eigenvalue weighted by atomic mass is 35.5. The lowest BCUT2D eigenvalue weighted by Gasteiger charge is -2.22. The van der Waals surface area contributed by atoms with Gasteiger partial charge in [0.15, 0.2) is 0 Å². The van der Waals surface area contributed by atoms with Gasteiger partial charge in [-0.2, -0.15) is 5.10 Å². The molecule has 0 bridgehead atoms. The topological polar surface area (TPSA) is 56.1 Å². The Balaban J connectivity index is 1.37. The molecule has 0 saturated carbocycles. The normalized spacial score (nSPS) is 15.8. The van der Waals surface area contributed by atoms with E-state index in [9.17, 15) is 4.79 Å². The molecule has 0 radical (unpaired) electrons. The molecule has 0 aliphatic carbocycles. The van der Waals surface area contributed by atoms with E-state index in [1.165, 1.54) is 11.1 Å². The number of halogens is 1. The number of hydrogen-bond donors (Lipinski definition) is 1. The quantitative estimate of drug-likeness (QED) is 0.694. The van der Waals surface area contributed by atoms with Crippen molar-refractivity contribution in [3.8, 4) is 0 Å². The molecular weight excluding hydrogens is 374 g/mol. The number of nitrogens with zero attached hydrogens (tertiary/aromatic N) is 2. The van der Waals surface area contributed by atoms with Gasteiger partial charge < -0.3 is 10.1 Å². The SMILES string of the molecule is O=C(Cc1ccc(Cl)cc1)NC[C@H]1OCCc2cn(Cc3ccccc3)nc21.